The normalized spacial score (nSPS) is 9.95. The van der Waals surface area contributed by atoms with Crippen LogP contribution in [0.2, 0.25) is 0 Å². The fraction of sp³-hybridized carbons (Fsp3) is 0.353. The van der Waals surface area contributed by atoms with Crippen molar-refractivity contribution >= 4 is 16.5 Å². The fourth-order valence-electron chi connectivity index (χ4n) is 2.24. The molecule has 0 saturated carbocycles. The molecule has 2 aromatic rings. The summed E-state index contributed by atoms with van der Waals surface area (Å²) < 4.78 is 17.6. The molecule has 0 aliphatic rings. The largest absolute Gasteiger partial charge is 0.461 e. The molecule has 0 amide bonds. The Morgan fingerprint density at radius 2 is 1.95 bits per heavy atom. The van der Waals surface area contributed by atoms with Crippen molar-refractivity contribution < 1.29 is 9.13 Å². The van der Waals surface area contributed by atoms with Gasteiger partial charge in [0.05, 0.1) is 5.56 Å². The number of nitrogens with two attached hydrogens (primary N) is 1. The molecule has 0 fully saturated rings. The molecule has 0 spiro atoms. The maximum atomic E-state index is 12.6. The zero-order chi connectivity index (χ0) is 16.0. The lowest BCUT2D eigenvalue weighted by Crippen LogP contribution is -2.00. The molecule has 0 unspecified atom stereocenters. The molecule has 0 heterocycles. The van der Waals surface area contributed by atoms with E-state index < -0.39 is 6.86 Å². The van der Waals surface area contributed by atoms with Crippen molar-refractivity contribution in [1.29, 1.82) is 5.26 Å². The molecule has 2 N–H and O–H groups in total. The highest BCUT2D eigenvalue weighted by Crippen LogP contribution is 2.37. The first-order chi connectivity index (χ1) is 10.1. The van der Waals surface area contributed by atoms with E-state index >= 15 is 0 Å². The topological polar surface area (TPSA) is 59.0 Å². The van der Waals surface area contributed by atoms with Crippen molar-refractivity contribution in [3.63, 3.8) is 0 Å². The predicted molar refractivity (Wildman–Crippen MR) is 85.1 cm³/mol. The Morgan fingerprint density at radius 3 is 2.48 bits per heavy atom. The van der Waals surface area contributed by atoms with Crippen molar-refractivity contribution in [1.82, 2.24) is 0 Å². The molecule has 0 bridgehead atoms. The van der Waals surface area contributed by atoms with Crippen LogP contribution in [0, 0.1) is 11.3 Å². The average molecular weight is 288 g/mol. The lowest BCUT2D eigenvalue weighted by atomic mass is 9.93. The van der Waals surface area contributed by atoms with Crippen LogP contribution in [0.25, 0.3) is 10.8 Å². The minimum Gasteiger partial charge on any atom is -0.461 e. The molecular formula is C17H21FN2O. The molecule has 4 heteroatoms. The standard InChI is InChI=1S/C15H15FN2O.C2H6/c1-9(2)13-6-12(18)5-10-3-4-11(7-17)15(14(10)13)19-8-16;1-2/h3-6,9H,8,18H2,1-2H3;1-2H3. The molecule has 3 nitrogen and oxygen atoms in total. The highest BCUT2D eigenvalue weighted by Gasteiger charge is 2.15. The zero-order valence-electron chi connectivity index (χ0n) is 12.9. The van der Waals surface area contributed by atoms with Crippen LogP contribution in [-0.4, -0.2) is 6.86 Å². The average Bonchev–Trinajstić information content (AvgIpc) is 2.48. The van der Waals surface area contributed by atoms with E-state index in [9.17, 15) is 4.39 Å². The van der Waals surface area contributed by atoms with Gasteiger partial charge in [0.15, 0.2) is 0 Å². The number of rotatable bonds is 3. The first-order valence-corrected chi connectivity index (χ1v) is 7.03. The minimum atomic E-state index is -0.963. The summed E-state index contributed by atoms with van der Waals surface area (Å²) in [5.74, 6) is 0.494. The molecule has 0 aromatic heterocycles. The predicted octanol–water partition coefficient (Wildman–Crippen LogP) is 4.75. The molecule has 0 saturated heterocycles. The summed E-state index contributed by atoms with van der Waals surface area (Å²) in [6, 6.07) is 9.10. The zero-order valence-corrected chi connectivity index (χ0v) is 12.9. The first kappa shape index (κ1) is 16.8. The molecule has 2 aromatic carbocycles. The van der Waals surface area contributed by atoms with Gasteiger partial charge in [-0.1, -0.05) is 33.8 Å². The summed E-state index contributed by atoms with van der Waals surface area (Å²) in [5, 5.41) is 10.7. The lowest BCUT2D eigenvalue weighted by molar-refractivity contribution is 0.193. The molecule has 112 valence electrons. The number of hydrogen-bond acceptors (Lipinski definition) is 3. The Hall–Kier alpha value is -2.28. The minimum absolute atomic E-state index is 0.196. The number of alkyl halides is 1. The maximum absolute atomic E-state index is 12.6. The van der Waals surface area contributed by atoms with Crippen molar-refractivity contribution in [2.24, 2.45) is 0 Å². The number of nitrogen functional groups attached to an aromatic ring is 1. The van der Waals surface area contributed by atoms with Gasteiger partial charge in [0, 0.05) is 11.1 Å². The van der Waals surface area contributed by atoms with Crippen LogP contribution >= 0.6 is 0 Å². The number of ether oxygens (including phenoxy) is 1. The molecule has 0 atom stereocenters. The highest BCUT2D eigenvalue weighted by molar-refractivity contribution is 5.95. The summed E-state index contributed by atoms with van der Waals surface area (Å²) in [5.41, 5.74) is 7.81. The van der Waals surface area contributed by atoms with Gasteiger partial charge in [0.25, 0.3) is 0 Å². The van der Waals surface area contributed by atoms with Gasteiger partial charge in [-0.15, -0.1) is 0 Å². The number of fused-ring (bicyclic) bond motifs is 1. The van der Waals surface area contributed by atoms with Gasteiger partial charge >= 0.3 is 0 Å². The van der Waals surface area contributed by atoms with Crippen LogP contribution in [0.5, 0.6) is 5.75 Å². The van der Waals surface area contributed by atoms with E-state index in [4.69, 9.17) is 15.7 Å². The summed E-state index contributed by atoms with van der Waals surface area (Å²) in [4.78, 5) is 0. The summed E-state index contributed by atoms with van der Waals surface area (Å²) in [6.45, 7) is 7.08. The van der Waals surface area contributed by atoms with E-state index in [0.29, 0.717) is 17.0 Å². The van der Waals surface area contributed by atoms with Crippen molar-refractivity contribution in [2.75, 3.05) is 12.6 Å². The number of hydrogen-bond donors (Lipinski definition) is 1. The fourth-order valence-corrected chi connectivity index (χ4v) is 2.24. The van der Waals surface area contributed by atoms with Crippen LogP contribution in [0.4, 0.5) is 10.1 Å². The van der Waals surface area contributed by atoms with Crippen molar-refractivity contribution in [3.8, 4) is 11.8 Å². The number of anilines is 1. The van der Waals surface area contributed by atoms with E-state index in [1.54, 1.807) is 18.2 Å². The Kier molecular flexibility index (Phi) is 5.98. The van der Waals surface area contributed by atoms with Gasteiger partial charge in [0.1, 0.15) is 11.8 Å². The Bertz CT molecular complexity index is 660. The Morgan fingerprint density at radius 1 is 1.29 bits per heavy atom. The van der Waals surface area contributed by atoms with Gasteiger partial charge in [-0.25, -0.2) is 4.39 Å². The lowest BCUT2D eigenvalue weighted by Gasteiger charge is -2.16. The quantitative estimate of drug-likeness (QED) is 0.829. The molecule has 2 rings (SSSR count). The molecule has 0 aliphatic carbocycles. The number of nitrogens with zero attached hydrogens (tertiary/aromatic N) is 1. The van der Waals surface area contributed by atoms with Crippen molar-refractivity contribution in [3.05, 3.63) is 35.4 Å². The number of halogens is 1. The maximum Gasteiger partial charge on any atom is 0.228 e. The first-order valence-electron chi connectivity index (χ1n) is 7.03. The van der Waals surface area contributed by atoms with Gasteiger partial charge in [-0.2, -0.15) is 5.26 Å². The summed E-state index contributed by atoms with van der Waals surface area (Å²) in [6.07, 6.45) is 0. The second kappa shape index (κ2) is 7.49. The van der Waals surface area contributed by atoms with E-state index in [-0.39, 0.29) is 5.92 Å². The molecular weight excluding hydrogens is 267 g/mol. The van der Waals surface area contributed by atoms with Gasteiger partial charge in [0.2, 0.25) is 6.86 Å². The Balaban J connectivity index is 0.00000106. The van der Waals surface area contributed by atoms with E-state index in [0.717, 1.165) is 16.3 Å². The van der Waals surface area contributed by atoms with Crippen LogP contribution in [0.3, 0.4) is 0 Å². The van der Waals surface area contributed by atoms with Crippen molar-refractivity contribution in [2.45, 2.75) is 33.6 Å². The van der Waals surface area contributed by atoms with Crippen LogP contribution in [-0.2, 0) is 0 Å². The molecule has 0 radical (unpaired) electrons. The number of benzene rings is 2. The third-order valence-electron chi connectivity index (χ3n) is 3.06. The Labute approximate surface area is 125 Å². The number of nitriles is 1. The molecule has 0 aliphatic heterocycles. The second-order valence-electron chi connectivity index (χ2n) is 4.67. The smallest absolute Gasteiger partial charge is 0.228 e. The van der Waals surface area contributed by atoms with Gasteiger partial charge in [-0.05, 0) is 35.1 Å². The van der Waals surface area contributed by atoms with E-state index in [1.807, 2.05) is 39.8 Å². The van der Waals surface area contributed by atoms with E-state index in [2.05, 4.69) is 0 Å². The third-order valence-corrected chi connectivity index (χ3v) is 3.06. The van der Waals surface area contributed by atoms with Gasteiger partial charge < -0.3 is 10.5 Å². The second-order valence-corrected chi connectivity index (χ2v) is 4.67. The van der Waals surface area contributed by atoms with Crippen LogP contribution in [0.1, 0.15) is 44.7 Å². The van der Waals surface area contributed by atoms with E-state index in [1.165, 1.54) is 0 Å². The van der Waals surface area contributed by atoms with Crippen LogP contribution in [0.15, 0.2) is 24.3 Å². The SMILES string of the molecule is CC.CC(C)c1cc(N)cc2ccc(C#N)c(OCF)c12. The molecule has 21 heavy (non-hydrogen) atoms. The van der Waals surface area contributed by atoms with Crippen LogP contribution < -0.4 is 10.5 Å². The summed E-state index contributed by atoms with van der Waals surface area (Å²) in [7, 11) is 0. The third kappa shape index (κ3) is 3.43. The summed E-state index contributed by atoms with van der Waals surface area (Å²) >= 11 is 0. The monoisotopic (exact) mass is 288 g/mol. The highest BCUT2D eigenvalue weighted by atomic mass is 19.1. The van der Waals surface area contributed by atoms with Gasteiger partial charge in [-0.3, -0.25) is 0 Å².